The van der Waals surface area contributed by atoms with Crippen molar-refractivity contribution in [2.75, 3.05) is 13.1 Å². The van der Waals surface area contributed by atoms with Crippen LogP contribution in [0.3, 0.4) is 0 Å². The van der Waals surface area contributed by atoms with Gasteiger partial charge in [-0.1, -0.05) is 173 Å². The van der Waals surface area contributed by atoms with Crippen molar-refractivity contribution in [3.63, 3.8) is 0 Å². The molecule has 368 valence electrons. The Bertz CT molecular complexity index is 2180. The molecule has 2 amide bonds. The lowest BCUT2D eigenvalue weighted by atomic mass is 9.77. The van der Waals surface area contributed by atoms with Crippen LogP contribution in [0.15, 0.2) is 48.5 Å². The summed E-state index contributed by atoms with van der Waals surface area (Å²) in [5.74, 6) is 1.04. The summed E-state index contributed by atoms with van der Waals surface area (Å²) < 4.78 is 0. The third kappa shape index (κ3) is 14.5. The molecule has 0 saturated carbocycles. The zero-order valence-corrected chi connectivity index (χ0v) is 44.6. The molecule has 0 radical (unpaired) electrons. The fourth-order valence-electron chi connectivity index (χ4n) is 8.78. The van der Waals surface area contributed by atoms with E-state index in [1.165, 1.54) is 0 Å². The number of carbonyl (C=O) groups excluding carboxylic acids is 2. The summed E-state index contributed by atoms with van der Waals surface area (Å²) in [6.07, 6.45) is 3.15. The molecule has 8 heteroatoms. The third-order valence-electron chi connectivity index (χ3n) is 12.8. The molecule has 8 nitrogen and oxygen atoms in total. The SMILES string of the molecule is CC(C)(C)c1cc(CCC(=O)NCCCNC(=O)CCc2cc(Cc3cc(C(C)(C)C)c(O)c(C(C)(C)C)c3)c(O)c(C(C)(C)C)c2)cc(Cc2cc(C(C)(C)C)c(O)c(C(C)(C)C)c2)c1O. The minimum atomic E-state index is -0.325. The maximum absolute atomic E-state index is 13.1. The average molecular weight is 919 g/mol. The highest BCUT2D eigenvalue weighted by atomic mass is 16.3. The van der Waals surface area contributed by atoms with Gasteiger partial charge in [-0.05, 0) is 119 Å². The summed E-state index contributed by atoms with van der Waals surface area (Å²) in [6.45, 7) is 38.5. The second-order valence-electron chi connectivity index (χ2n) is 25.3. The Balaban J connectivity index is 1.38. The largest absolute Gasteiger partial charge is 0.507 e. The maximum atomic E-state index is 13.1. The minimum absolute atomic E-state index is 0.0733. The summed E-state index contributed by atoms with van der Waals surface area (Å²) in [6, 6.07) is 16.3. The zero-order chi connectivity index (χ0) is 50.8. The number of phenols is 4. The van der Waals surface area contributed by atoms with E-state index in [0.717, 1.165) is 66.8 Å². The van der Waals surface area contributed by atoms with Crippen molar-refractivity contribution in [3.8, 4) is 23.0 Å². The first kappa shape index (κ1) is 54.6. The van der Waals surface area contributed by atoms with Crippen LogP contribution in [0.2, 0.25) is 0 Å². The molecule has 4 rings (SSSR count). The molecular weight excluding hydrogens is 833 g/mol. The quantitative estimate of drug-likeness (QED) is 0.0697. The van der Waals surface area contributed by atoms with Crippen molar-refractivity contribution in [2.24, 2.45) is 0 Å². The number of aryl methyl sites for hydroxylation is 2. The Morgan fingerprint density at radius 1 is 0.373 bits per heavy atom. The van der Waals surface area contributed by atoms with E-state index in [4.69, 9.17) is 0 Å². The van der Waals surface area contributed by atoms with Crippen LogP contribution < -0.4 is 10.6 Å². The van der Waals surface area contributed by atoms with Crippen molar-refractivity contribution in [1.82, 2.24) is 10.6 Å². The third-order valence-corrected chi connectivity index (χ3v) is 12.8. The van der Waals surface area contributed by atoms with Gasteiger partial charge < -0.3 is 31.1 Å². The highest BCUT2D eigenvalue weighted by Gasteiger charge is 2.30. The second kappa shape index (κ2) is 20.3. The maximum Gasteiger partial charge on any atom is 0.220 e. The summed E-state index contributed by atoms with van der Waals surface area (Å²) in [5, 5.41) is 51.8. The standard InChI is InChI=1S/C59H86N2O6/c1-54(2,3)42-30-36(26-40(50(42)64)28-38-32-44(56(7,8)9)52(66)45(33-38)57(10,11)12)20-22-48(62)60-24-19-25-61-49(63)23-21-37-27-41(51(65)43(31-37)55(4,5)6)29-39-34-46(58(13,14)15)53(67)47(35-39)59(16,17)18/h26-27,30-35,64-67H,19-25,28-29H2,1-18H3,(H,60,62)(H,61,63). The lowest BCUT2D eigenvalue weighted by molar-refractivity contribution is -0.121. The van der Waals surface area contributed by atoms with Gasteiger partial charge in [-0.2, -0.15) is 0 Å². The summed E-state index contributed by atoms with van der Waals surface area (Å²) in [7, 11) is 0. The minimum Gasteiger partial charge on any atom is -0.507 e. The Morgan fingerprint density at radius 3 is 0.866 bits per heavy atom. The molecule has 0 fully saturated rings. The predicted molar refractivity (Wildman–Crippen MR) is 278 cm³/mol. The van der Waals surface area contributed by atoms with E-state index in [1.807, 2.05) is 24.3 Å². The van der Waals surface area contributed by atoms with Gasteiger partial charge in [-0.15, -0.1) is 0 Å². The summed E-state index contributed by atoms with van der Waals surface area (Å²) in [4.78, 5) is 26.2. The molecule has 6 N–H and O–H groups in total. The zero-order valence-electron chi connectivity index (χ0n) is 44.6. The van der Waals surface area contributed by atoms with E-state index in [2.05, 4.69) is 160 Å². The number of hydrogen-bond donors (Lipinski definition) is 6. The molecule has 0 unspecified atom stereocenters. The first-order chi connectivity index (χ1) is 30.5. The van der Waals surface area contributed by atoms with Crippen molar-refractivity contribution in [3.05, 3.63) is 115 Å². The van der Waals surface area contributed by atoms with Gasteiger partial charge >= 0.3 is 0 Å². The molecule has 0 aromatic heterocycles. The highest BCUT2D eigenvalue weighted by molar-refractivity contribution is 5.77. The van der Waals surface area contributed by atoms with Crippen molar-refractivity contribution in [2.45, 2.75) is 202 Å². The molecule has 0 aliphatic heterocycles. The van der Waals surface area contributed by atoms with Crippen LogP contribution in [0.5, 0.6) is 23.0 Å². The number of benzene rings is 4. The smallest absolute Gasteiger partial charge is 0.220 e. The predicted octanol–water partition coefficient (Wildman–Crippen LogP) is 12.7. The number of amides is 2. The van der Waals surface area contributed by atoms with E-state index in [9.17, 15) is 30.0 Å². The van der Waals surface area contributed by atoms with Crippen molar-refractivity contribution < 1.29 is 30.0 Å². The molecule has 0 atom stereocenters. The van der Waals surface area contributed by atoms with E-state index in [1.54, 1.807) is 0 Å². The van der Waals surface area contributed by atoms with Crippen molar-refractivity contribution >= 4 is 11.8 Å². The molecule has 0 heterocycles. The molecular formula is C59H86N2O6. The molecule has 0 aliphatic rings. The molecule has 0 saturated heterocycles. The first-order valence-electron chi connectivity index (χ1n) is 24.5. The van der Waals surface area contributed by atoms with E-state index in [0.29, 0.717) is 56.7 Å². The lowest BCUT2D eigenvalue weighted by Gasteiger charge is -2.28. The van der Waals surface area contributed by atoms with E-state index in [-0.39, 0.29) is 68.6 Å². The Hall–Kier alpha value is -4.98. The molecule has 0 aliphatic carbocycles. The summed E-state index contributed by atoms with van der Waals surface area (Å²) in [5.41, 5.74) is 9.00. The normalized spacial score (nSPS) is 12.9. The van der Waals surface area contributed by atoms with Crippen LogP contribution in [0.4, 0.5) is 0 Å². The van der Waals surface area contributed by atoms with Crippen LogP contribution in [-0.2, 0) is 67.8 Å². The Kier molecular flexibility index (Phi) is 16.6. The monoisotopic (exact) mass is 919 g/mol. The van der Waals surface area contributed by atoms with Crippen LogP contribution in [0, 0.1) is 0 Å². The number of carbonyl (C=O) groups is 2. The van der Waals surface area contributed by atoms with Gasteiger partial charge in [0.1, 0.15) is 23.0 Å². The van der Waals surface area contributed by atoms with Gasteiger partial charge in [0.2, 0.25) is 11.8 Å². The molecule has 0 bridgehead atoms. The topological polar surface area (TPSA) is 139 Å². The van der Waals surface area contributed by atoms with Gasteiger partial charge in [0, 0.05) is 38.8 Å². The van der Waals surface area contributed by atoms with Gasteiger partial charge in [0.05, 0.1) is 0 Å². The molecule has 67 heavy (non-hydrogen) atoms. The van der Waals surface area contributed by atoms with E-state index >= 15 is 0 Å². The Morgan fingerprint density at radius 2 is 0.612 bits per heavy atom. The molecule has 4 aromatic rings. The Labute approximate surface area is 404 Å². The number of rotatable bonds is 14. The van der Waals surface area contributed by atoms with E-state index < -0.39 is 0 Å². The number of phenolic OH excluding ortho intramolecular Hbond substituents is 4. The average Bonchev–Trinajstić information content (AvgIpc) is 3.16. The van der Waals surface area contributed by atoms with Crippen LogP contribution in [0.25, 0.3) is 0 Å². The number of aromatic hydroxyl groups is 4. The van der Waals surface area contributed by atoms with Crippen LogP contribution in [-0.4, -0.2) is 45.3 Å². The molecule has 0 spiro atoms. The fraction of sp³-hybridized carbons (Fsp3) is 0.559. The van der Waals surface area contributed by atoms with Crippen molar-refractivity contribution in [1.29, 1.82) is 0 Å². The van der Waals surface area contributed by atoms with Gasteiger partial charge in [0.25, 0.3) is 0 Å². The second-order valence-corrected chi connectivity index (χ2v) is 25.3. The fourth-order valence-corrected chi connectivity index (χ4v) is 8.78. The highest BCUT2D eigenvalue weighted by Crippen LogP contribution is 2.44. The summed E-state index contributed by atoms with van der Waals surface area (Å²) >= 11 is 0. The first-order valence-corrected chi connectivity index (χ1v) is 24.5. The van der Waals surface area contributed by atoms with Crippen LogP contribution in [0.1, 0.15) is 211 Å². The molecule has 4 aromatic carbocycles. The van der Waals surface area contributed by atoms with Gasteiger partial charge in [-0.3, -0.25) is 9.59 Å². The van der Waals surface area contributed by atoms with Crippen LogP contribution >= 0.6 is 0 Å². The van der Waals surface area contributed by atoms with Gasteiger partial charge in [0.15, 0.2) is 0 Å². The number of hydrogen-bond acceptors (Lipinski definition) is 6. The lowest BCUT2D eigenvalue weighted by Crippen LogP contribution is -2.30. The van der Waals surface area contributed by atoms with Gasteiger partial charge in [-0.25, -0.2) is 0 Å². The number of nitrogens with one attached hydrogen (secondary N) is 2.